The minimum Gasteiger partial charge on any atom is -0.326 e. The highest BCUT2D eigenvalue weighted by Gasteiger charge is 2.07. The number of pyridine rings is 1. The molecule has 0 saturated carbocycles. The summed E-state index contributed by atoms with van der Waals surface area (Å²) in [4.78, 5) is 27.0. The number of anilines is 2. The number of hydrogen-bond donors (Lipinski definition) is 2. The van der Waals surface area contributed by atoms with Crippen molar-refractivity contribution in [1.29, 1.82) is 0 Å². The summed E-state index contributed by atoms with van der Waals surface area (Å²) in [6.45, 7) is 1.43. The molecular weight excluding hydrogens is 322 g/mol. The summed E-state index contributed by atoms with van der Waals surface area (Å²) < 4.78 is 0.668. The smallest absolute Gasteiger partial charge is 0.257 e. The van der Waals surface area contributed by atoms with E-state index in [0.717, 1.165) is 0 Å². The molecule has 1 aromatic heterocycles. The van der Waals surface area contributed by atoms with Crippen molar-refractivity contribution in [3.63, 3.8) is 0 Å². The average Bonchev–Trinajstić information content (AvgIpc) is 2.39. The number of carbonyl (C=O) groups excluding carboxylic acids is 2. The maximum absolute atomic E-state index is 12.0. The molecule has 2 N–H and O–H groups in total. The largest absolute Gasteiger partial charge is 0.326 e. The Morgan fingerprint density at radius 2 is 1.80 bits per heavy atom. The highest BCUT2D eigenvalue weighted by atomic mass is 79.9. The van der Waals surface area contributed by atoms with Crippen molar-refractivity contribution in [2.45, 2.75) is 6.92 Å². The molecule has 0 unspecified atom stereocenters. The van der Waals surface area contributed by atoms with Gasteiger partial charge in [-0.25, -0.2) is 4.98 Å². The molecule has 5 nitrogen and oxygen atoms in total. The first kappa shape index (κ1) is 14.2. The SMILES string of the molecule is CC(=O)Nc1cccc(NC(=O)c2ccc(Br)nc2)c1. The van der Waals surface area contributed by atoms with Crippen LogP contribution in [-0.2, 0) is 4.79 Å². The summed E-state index contributed by atoms with van der Waals surface area (Å²) >= 11 is 3.21. The second-order valence-corrected chi connectivity index (χ2v) is 4.90. The average molecular weight is 334 g/mol. The fourth-order valence-corrected chi connectivity index (χ4v) is 1.83. The first-order chi connectivity index (χ1) is 9.54. The lowest BCUT2D eigenvalue weighted by Crippen LogP contribution is -2.12. The number of nitrogens with zero attached hydrogens (tertiary/aromatic N) is 1. The molecule has 0 radical (unpaired) electrons. The van der Waals surface area contributed by atoms with E-state index in [0.29, 0.717) is 21.5 Å². The van der Waals surface area contributed by atoms with Crippen molar-refractivity contribution in [3.8, 4) is 0 Å². The number of aromatic nitrogens is 1. The molecule has 0 bridgehead atoms. The molecular formula is C14H12BrN3O2. The van der Waals surface area contributed by atoms with Crippen molar-refractivity contribution >= 4 is 39.1 Å². The van der Waals surface area contributed by atoms with Crippen molar-refractivity contribution in [3.05, 3.63) is 52.8 Å². The van der Waals surface area contributed by atoms with Gasteiger partial charge in [0.15, 0.2) is 0 Å². The molecule has 0 aliphatic rings. The molecule has 0 aliphatic carbocycles. The highest BCUT2D eigenvalue weighted by molar-refractivity contribution is 9.10. The van der Waals surface area contributed by atoms with E-state index < -0.39 is 0 Å². The molecule has 1 aromatic carbocycles. The number of benzene rings is 1. The number of amides is 2. The molecule has 1 heterocycles. The van der Waals surface area contributed by atoms with Crippen LogP contribution in [0, 0.1) is 0 Å². The first-order valence-electron chi connectivity index (χ1n) is 5.85. The Morgan fingerprint density at radius 1 is 1.10 bits per heavy atom. The molecule has 102 valence electrons. The van der Waals surface area contributed by atoms with Crippen LogP contribution in [-0.4, -0.2) is 16.8 Å². The Morgan fingerprint density at radius 3 is 2.40 bits per heavy atom. The Kier molecular flexibility index (Phi) is 4.47. The van der Waals surface area contributed by atoms with E-state index in [9.17, 15) is 9.59 Å². The number of halogens is 1. The molecule has 2 aromatic rings. The van der Waals surface area contributed by atoms with Gasteiger partial charge in [0.25, 0.3) is 5.91 Å². The summed E-state index contributed by atoms with van der Waals surface area (Å²) in [6, 6.07) is 10.3. The quantitative estimate of drug-likeness (QED) is 0.848. The van der Waals surface area contributed by atoms with E-state index in [1.54, 1.807) is 36.4 Å². The third-order valence-electron chi connectivity index (χ3n) is 2.43. The van der Waals surface area contributed by atoms with Gasteiger partial charge in [-0.1, -0.05) is 6.07 Å². The number of carbonyl (C=O) groups is 2. The minimum atomic E-state index is -0.259. The Balaban J connectivity index is 2.11. The second kappa shape index (κ2) is 6.29. The number of rotatable bonds is 3. The summed E-state index contributed by atoms with van der Waals surface area (Å²) in [6.07, 6.45) is 1.48. The Labute approximate surface area is 124 Å². The lowest BCUT2D eigenvalue weighted by molar-refractivity contribution is -0.114. The van der Waals surface area contributed by atoms with Gasteiger partial charge in [0.05, 0.1) is 5.56 Å². The van der Waals surface area contributed by atoms with Crippen LogP contribution in [0.2, 0.25) is 0 Å². The van der Waals surface area contributed by atoms with Gasteiger partial charge in [0.1, 0.15) is 4.60 Å². The lowest BCUT2D eigenvalue weighted by atomic mass is 10.2. The molecule has 0 saturated heterocycles. The standard InChI is InChI=1S/C14H12BrN3O2/c1-9(19)17-11-3-2-4-12(7-11)18-14(20)10-5-6-13(15)16-8-10/h2-8H,1H3,(H,17,19)(H,18,20). The van der Waals surface area contributed by atoms with Gasteiger partial charge in [-0.15, -0.1) is 0 Å². The fourth-order valence-electron chi connectivity index (χ4n) is 1.59. The highest BCUT2D eigenvalue weighted by Crippen LogP contribution is 2.16. The molecule has 2 amide bonds. The fraction of sp³-hybridized carbons (Fsp3) is 0.0714. The van der Waals surface area contributed by atoms with E-state index in [-0.39, 0.29) is 11.8 Å². The van der Waals surface area contributed by atoms with E-state index in [4.69, 9.17) is 0 Å². The van der Waals surface area contributed by atoms with Gasteiger partial charge in [-0.05, 0) is 46.3 Å². The van der Waals surface area contributed by atoms with Gasteiger partial charge in [-0.2, -0.15) is 0 Å². The third kappa shape index (κ3) is 3.89. The zero-order valence-corrected chi connectivity index (χ0v) is 12.3. The van der Waals surface area contributed by atoms with Gasteiger partial charge in [-0.3, -0.25) is 9.59 Å². The van der Waals surface area contributed by atoms with Gasteiger partial charge in [0, 0.05) is 24.5 Å². The van der Waals surface area contributed by atoms with E-state index >= 15 is 0 Å². The topological polar surface area (TPSA) is 71.1 Å². The zero-order valence-electron chi connectivity index (χ0n) is 10.7. The molecule has 0 spiro atoms. The number of hydrogen-bond acceptors (Lipinski definition) is 3. The van der Waals surface area contributed by atoms with Gasteiger partial charge >= 0.3 is 0 Å². The second-order valence-electron chi connectivity index (χ2n) is 4.09. The number of nitrogens with one attached hydrogen (secondary N) is 2. The van der Waals surface area contributed by atoms with E-state index in [2.05, 4.69) is 31.5 Å². The van der Waals surface area contributed by atoms with Crippen molar-refractivity contribution in [1.82, 2.24) is 4.98 Å². The van der Waals surface area contributed by atoms with Crippen LogP contribution < -0.4 is 10.6 Å². The summed E-state index contributed by atoms with van der Waals surface area (Å²) in [7, 11) is 0. The molecule has 0 fully saturated rings. The predicted molar refractivity (Wildman–Crippen MR) is 80.6 cm³/mol. The van der Waals surface area contributed by atoms with Crippen molar-refractivity contribution in [2.75, 3.05) is 10.6 Å². The summed E-state index contributed by atoms with van der Waals surface area (Å²) in [5.74, 6) is -0.421. The summed E-state index contributed by atoms with van der Waals surface area (Å²) in [5, 5.41) is 5.40. The van der Waals surface area contributed by atoms with Gasteiger partial charge < -0.3 is 10.6 Å². The zero-order chi connectivity index (χ0) is 14.5. The van der Waals surface area contributed by atoms with Crippen LogP contribution in [0.3, 0.4) is 0 Å². The van der Waals surface area contributed by atoms with Crippen LogP contribution in [0.5, 0.6) is 0 Å². The monoisotopic (exact) mass is 333 g/mol. The molecule has 0 atom stereocenters. The van der Waals surface area contributed by atoms with Crippen molar-refractivity contribution in [2.24, 2.45) is 0 Å². The Bertz CT molecular complexity index is 641. The summed E-state index contributed by atoms with van der Waals surface area (Å²) in [5.41, 5.74) is 1.69. The molecule has 6 heteroatoms. The molecule has 0 aliphatic heterocycles. The van der Waals surface area contributed by atoms with Crippen molar-refractivity contribution < 1.29 is 9.59 Å². The van der Waals surface area contributed by atoms with Crippen LogP contribution >= 0.6 is 15.9 Å². The predicted octanol–water partition coefficient (Wildman–Crippen LogP) is 3.05. The van der Waals surface area contributed by atoms with E-state index in [1.807, 2.05) is 0 Å². The first-order valence-corrected chi connectivity index (χ1v) is 6.64. The Hall–Kier alpha value is -2.21. The van der Waals surface area contributed by atoms with Crippen LogP contribution in [0.25, 0.3) is 0 Å². The normalized spacial score (nSPS) is 9.90. The third-order valence-corrected chi connectivity index (χ3v) is 2.90. The lowest BCUT2D eigenvalue weighted by Gasteiger charge is -2.07. The molecule has 20 heavy (non-hydrogen) atoms. The van der Waals surface area contributed by atoms with Gasteiger partial charge in [0.2, 0.25) is 5.91 Å². The van der Waals surface area contributed by atoms with E-state index in [1.165, 1.54) is 13.1 Å². The van der Waals surface area contributed by atoms with Crippen LogP contribution in [0.1, 0.15) is 17.3 Å². The molecule has 2 rings (SSSR count). The maximum Gasteiger partial charge on any atom is 0.257 e. The minimum absolute atomic E-state index is 0.161. The van der Waals surface area contributed by atoms with Crippen LogP contribution in [0.15, 0.2) is 47.2 Å². The maximum atomic E-state index is 12.0. The van der Waals surface area contributed by atoms with Crippen LogP contribution in [0.4, 0.5) is 11.4 Å².